The summed E-state index contributed by atoms with van der Waals surface area (Å²) in [6.07, 6.45) is 1.13. The molecule has 0 amide bonds. The molecule has 3 aromatic carbocycles. The van der Waals surface area contributed by atoms with Crippen LogP contribution in [-0.4, -0.2) is 18.2 Å². The minimum atomic E-state index is -1.04. The third-order valence-electron chi connectivity index (χ3n) is 4.06. The molecule has 0 heterocycles. The monoisotopic (exact) mass is 375 g/mol. The zero-order valence-corrected chi connectivity index (χ0v) is 15.5. The van der Waals surface area contributed by atoms with Crippen LogP contribution in [0, 0.1) is 0 Å². The van der Waals surface area contributed by atoms with Crippen LogP contribution in [-0.2, 0) is 11.4 Å². The fourth-order valence-electron chi connectivity index (χ4n) is 2.68. The Morgan fingerprint density at radius 3 is 2.32 bits per heavy atom. The average molecular weight is 375 g/mol. The van der Waals surface area contributed by atoms with Crippen LogP contribution < -0.4 is 14.8 Å². The predicted octanol–water partition coefficient (Wildman–Crippen LogP) is 4.81. The van der Waals surface area contributed by atoms with Crippen LogP contribution in [0.1, 0.15) is 11.1 Å². The molecule has 0 fully saturated rings. The number of anilines is 1. The summed E-state index contributed by atoms with van der Waals surface area (Å²) in [5, 5.41) is 12.4. The standard InChI is InChI=1S/C23H21NO4/c1-27-22-10-6-5-9-20(22)24-21(15-23(25)26)18-11-13-19(14-12-18)28-16-17-7-3-2-4-8-17/h2-15,24H,16H2,1H3,(H,25,26)/b21-15-. The van der Waals surface area contributed by atoms with Gasteiger partial charge in [0.15, 0.2) is 0 Å². The molecule has 0 aliphatic rings. The highest BCUT2D eigenvalue weighted by Crippen LogP contribution is 2.28. The van der Waals surface area contributed by atoms with Crippen molar-refractivity contribution in [1.82, 2.24) is 0 Å². The Balaban J connectivity index is 1.76. The predicted molar refractivity (Wildman–Crippen MR) is 109 cm³/mol. The number of carboxylic acid groups (broad SMARTS) is 1. The highest BCUT2D eigenvalue weighted by atomic mass is 16.5. The first-order valence-electron chi connectivity index (χ1n) is 8.77. The van der Waals surface area contributed by atoms with Gasteiger partial charge < -0.3 is 19.9 Å². The molecule has 2 N–H and O–H groups in total. The van der Waals surface area contributed by atoms with E-state index in [9.17, 15) is 9.90 Å². The van der Waals surface area contributed by atoms with Gasteiger partial charge in [0.2, 0.25) is 0 Å². The summed E-state index contributed by atoms with van der Waals surface area (Å²) in [4.78, 5) is 11.3. The van der Waals surface area contributed by atoms with Gasteiger partial charge in [-0.3, -0.25) is 0 Å². The minimum absolute atomic E-state index is 0.451. The fraction of sp³-hybridized carbons (Fsp3) is 0.0870. The zero-order chi connectivity index (χ0) is 19.8. The van der Waals surface area contributed by atoms with Gasteiger partial charge in [0.25, 0.3) is 0 Å². The first kappa shape index (κ1) is 19.0. The molecule has 0 aromatic heterocycles. The van der Waals surface area contributed by atoms with E-state index < -0.39 is 5.97 Å². The summed E-state index contributed by atoms with van der Waals surface area (Å²) in [5.41, 5.74) is 2.93. The molecule has 142 valence electrons. The lowest BCUT2D eigenvalue weighted by atomic mass is 10.1. The van der Waals surface area contributed by atoms with Crippen molar-refractivity contribution in [2.24, 2.45) is 0 Å². The normalized spacial score (nSPS) is 11.0. The van der Waals surface area contributed by atoms with Crippen LogP contribution in [0.25, 0.3) is 5.70 Å². The van der Waals surface area contributed by atoms with E-state index in [0.29, 0.717) is 29.5 Å². The van der Waals surface area contributed by atoms with Crippen molar-refractivity contribution in [2.75, 3.05) is 12.4 Å². The van der Waals surface area contributed by atoms with Gasteiger partial charge in [-0.25, -0.2) is 4.79 Å². The van der Waals surface area contributed by atoms with Crippen LogP contribution in [0.3, 0.4) is 0 Å². The lowest BCUT2D eigenvalue weighted by molar-refractivity contribution is -0.131. The van der Waals surface area contributed by atoms with Gasteiger partial charge in [-0.05, 0) is 47.5 Å². The van der Waals surface area contributed by atoms with Gasteiger partial charge in [-0.15, -0.1) is 0 Å². The third kappa shape index (κ3) is 5.14. The summed E-state index contributed by atoms with van der Waals surface area (Å²) in [6, 6.07) is 24.5. The molecule has 0 saturated heterocycles. The number of carbonyl (C=O) groups is 1. The molecular weight excluding hydrogens is 354 g/mol. The van der Waals surface area contributed by atoms with Crippen LogP contribution in [0.15, 0.2) is 84.9 Å². The Labute approximate surface area is 163 Å². The van der Waals surface area contributed by atoms with Gasteiger partial charge in [-0.2, -0.15) is 0 Å². The Hall–Kier alpha value is -3.73. The molecule has 3 aromatic rings. The van der Waals surface area contributed by atoms with Crippen molar-refractivity contribution in [3.05, 3.63) is 96.1 Å². The van der Waals surface area contributed by atoms with Crippen molar-refractivity contribution in [1.29, 1.82) is 0 Å². The third-order valence-corrected chi connectivity index (χ3v) is 4.06. The van der Waals surface area contributed by atoms with E-state index in [4.69, 9.17) is 9.47 Å². The van der Waals surface area contributed by atoms with Gasteiger partial charge in [0, 0.05) is 6.08 Å². The largest absolute Gasteiger partial charge is 0.495 e. The number of aliphatic carboxylic acids is 1. The van der Waals surface area contributed by atoms with E-state index in [1.165, 1.54) is 0 Å². The van der Waals surface area contributed by atoms with E-state index in [-0.39, 0.29) is 0 Å². The maximum absolute atomic E-state index is 11.3. The number of rotatable bonds is 8. The summed E-state index contributed by atoms with van der Waals surface area (Å²) >= 11 is 0. The van der Waals surface area contributed by atoms with Crippen LogP contribution in [0.2, 0.25) is 0 Å². The second kappa shape index (κ2) is 9.28. The fourth-order valence-corrected chi connectivity index (χ4v) is 2.68. The first-order valence-corrected chi connectivity index (χ1v) is 8.77. The molecule has 0 aliphatic heterocycles. The molecule has 0 aliphatic carbocycles. The van der Waals surface area contributed by atoms with E-state index in [2.05, 4.69) is 5.32 Å². The van der Waals surface area contributed by atoms with Gasteiger partial charge in [-0.1, -0.05) is 42.5 Å². The maximum Gasteiger partial charge on any atom is 0.330 e. The van der Waals surface area contributed by atoms with Gasteiger partial charge in [0.05, 0.1) is 18.5 Å². The molecule has 3 rings (SSSR count). The topological polar surface area (TPSA) is 67.8 Å². The Morgan fingerprint density at radius 2 is 1.64 bits per heavy atom. The number of methoxy groups -OCH3 is 1. The summed E-state index contributed by atoms with van der Waals surface area (Å²) in [5.74, 6) is 0.294. The highest BCUT2D eigenvalue weighted by Gasteiger charge is 2.09. The van der Waals surface area contributed by atoms with Crippen LogP contribution in [0.5, 0.6) is 11.5 Å². The molecule has 5 nitrogen and oxygen atoms in total. The summed E-state index contributed by atoms with van der Waals surface area (Å²) in [7, 11) is 1.57. The SMILES string of the molecule is COc1ccccc1N/C(=C\C(=O)O)c1ccc(OCc2ccccc2)cc1. The molecule has 0 saturated carbocycles. The first-order chi connectivity index (χ1) is 13.7. The number of nitrogens with one attached hydrogen (secondary N) is 1. The number of hydrogen-bond donors (Lipinski definition) is 2. The second-order valence-corrected chi connectivity index (χ2v) is 6.02. The lowest BCUT2D eigenvalue weighted by Crippen LogP contribution is -2.04. The average Bonchev–Trinajstić information content (AvgIpc) is 2.73. The minimum Gasteiger partial charge on any atom is -0.495 e. The molecule has 28 heavy (non-hydrogen) atoms. The quantitative estimate of drug-likeness (QED) is 0.553. The van der Waals surface area contributed by atoms with E-state index in [0.717, 1.165) is 17.2 Å². The van der Waals surface area contributed by atoms with E-state index >= 15 is 0 Å². The van der Waals surface area contributed by atoms with Crippen LogP contribution >= 0.6 is 0 Å². The number of ether oxygens (including phenoxy) is 2. The molecule has 0 bridgehead atoms. The molecule has 0 unspecified atom stereocenters. The molecule has 0 atom stereocenters. The number of hydrogen-bond acceptors (Lipinski definition) is 4. The molecule has 0 radical (unpaired) electrons. The van der Waals surface area contributed by atoms with Crippen molar-refractivity contribution in [3.8, 4) is 11.5 Å². The van der Waals surface area contributed by atoms with Crippen LogP contribution in [0.4, 0.5) is 5.69 Å². The Morgan fingerprint density at radius 1 is 0.964 bits per heavy atom. The molecular formula is C23H21NO4. The van der Waals surface area contributed by atoms with Gasteiger partial charge >= 0.3 is 5.97 Å². The maximum atomic E-state index is 11.3. The smallest absolute Gasteiger partial charge is 0.330 e. The van der Waals surface area contributed by atoms with E-state index in [1.54, 1.807) is 13.2 Å². The van der Waals surface area contributed by atoms with E-state index in [1.807, 2.05) is 72.8 Å². The second-order valence-electron chi connectivity index (χ2n) is 6.02. The summed E-state index contributed by atoms with van der Waals surface area (Å²) < 4.78 is 11.1. The van der Waals surface area contributed by atoms with Crippen molar-refractivity contribution in [2.45, 2.75) is 6.61 Å². The number of carboxylic acids is 1. The lowest BCUT2D eigenvalue weighted by Gasteiger charge is -2.14. The zero-order valence-electron chi connectivity index (χ0n) is 15.5. The van der Waals surface area contributed by atoms with Crippen molar-refractivity contribution >= 4 is 17.4 Å². The van der Waals surface area contributed by atoms with Gasteiger partial charge in [0.1, 0.15) is 18.1 Å². The van der Waals surface area contributed by atoms with Crippen molar-refractivity contribution in [3.63, 3.8) is 0 Å². The number of para-hydroxylation sites is 2. The molecule has 0 spiro atoms. The highest BCUT2D eigenvalue weighted by molar-refractivity contribution is 5.93. The Bertz CT molecular complexity index is 950. The molecule has 5 heteroatoms. The van der Waals surface area contributed by atoms with Crippen molar-refractivity contribution < 1.29 is 19.4 Å². The Kier molecular flexibility index (Phi) is 6.31. The number of benzene rings is 3. The summed E-state index contributed by atoms with van der Waals surface area (Å²) in [6.45, 7) is 0.470.